The molecule has 74 heavy (non-hydrogen) atoms. The number of nitrogens with two attached hydrogens (primary N) is 1. The highest BCUT2D eigenvalue weighted by Gasteiger charge is 2.42. The molecular weight excluding hydrogens is 1050 g/mol. The summed E-state index contributed by atoms with van der Waals surface area (Å²) in [6.07, 6.45) is -15.3. The molecule has 1 heterocycles. The van der Waals surface area contributed by atoms with E-state index in [0.717, 1.165) is 33.9 Å². The van der Waals surface area contributed by atoms with Crippen LogP contribution >= 0.6 is 15.9 Å². The minimum absolute atomic E-state index is 0.0617. The molecule has 1 aromatic heterocycles. The molecule has 17 nitrogen and oxygen atoms in total. The van der Waals surface area contributed by atoms with Gasteiger partial charge in [0.25, 0.3) is 0 Å². The van der Waals surface area contributed by atoms with Gasteiger partial charge < -0.3 is 45.5 Å². The van der Waals surface area contributed by atoms with Crippen LogP contribution in [-0.2, 0) is 51.3 Å². The second-order valence-corrected chi connectivity index (χ2v) is 20.0. The number of nitrogens with one attached hydrogen (secondary N) is 2. The molecule has 0 spiro atoms. The average molecular weight is 1120 g/mol. The summed E-state index contributed by atoms with van der Waals surface area (Å²) in [5.74, 6) is -8.92. The summed E-state index contributed by atoms with van der Waals surface area (Å²) in [6, 6.07) is 6.01. The van der Waals surface area contributed by atoms with E-state index in [-0.39, 0.29) is 38.0 Å². The fraction of sp³-hybridized carbons (Fsp3) is 0.560. The zero-order chi connectivity index (χ0) is 56.0. The van der Waals surface area contributed by atoms with Gasteiger partial charge in [-0.25, -0.2) is 9.59 Å². The summed E-state index contributed by atoms with van der Waals surface area (Å²) in [5.41, 5.74) is 7.65. The minimum atomic E-state index is -4.88. The predicted octanol–water partition coefficient (Wildman–Crippen LogP) is 6.48. The van der Waals surface area contributed by atoms with Crippen molar-refractivity contribution in [1.29, 1.82) is 5.26 Å². The molecule has 5 N–H and O–H groups in total. The molecule has 3 aromatic rings. The number of ether oxygens (including phenoxy) is 1. The molecular formula is C50H65BrF6N8O9. The predicted molar refractivity (Wildman–Crippen MR) is 263 cm³/mol. The smallest absolute Gasteiger partial charge is 0.391 e. The standard InChI is InChI=1S/C50H65BrF6N8O9/c1-28(2)22-37(46(70)62(6)30(5)48(73)74-41(47(71)72)14-11-21-58)61-43(67)40(24-32-27-65(38-13-10-9-12-34(32)38)26-31-15-17-33(51)18-16-31)64(8)45(69)36(19-20-49(52,53)54)60-42(66)39(23-29(3)4)63(7)44(68)35(59)25-50(55,56)57/h9-10,12-13,15-18,27-30,35-37,39-41H,11,14,19-20,22-26,59H2,1-8H3,(H,60,66)(H,61,67)(H,71,72)/t30-,35-,36-,37-,39-,40-,41+/m0/s1. The molecule has 3 rings (SSSR count). The highest BCUT2D eigenvalue weighted by Crippen LogP contribution is 2.28. The van der Waals surface area contributed by atoms with Crippen molar-refractivity contribution in [1.82, 2.24) is 29.9 Å². The van der Waals surface area contributed by atoms with Gasteiger partial charge in [-0.1, -0.05) is 74.0 Å². The Kier molecular flexibility index (Phi) is 22.9. The average Bonchev–Trinajstić information content (AvgIpc) is 3.66. The van der Waals surface area contributed by atoms with Gasteiger partial charge >= 0.3 is 24.3 Å². The number of amides is 5. The summed E-state index contributed by atoms with van der Waals surface area (Å²) in [6.45, 7) is 8.26. The van der Waals surface area contributed by atoms with Crippen LogP contribution in [0.15, 0.2) is 59.2 Å². The number of benzene rings is 2. The number of carboxylic acids is 1. The van der Waals surface area contributed by atoms with E-state index >= 15 is 0 Å². The van der Waals surface area contributed by atoms with E-state index in [9.17, 15) is 65.0 Å². The van der Waals surface area contributed by atoms with Crippen LogP contribution in [0.4, 0.5) is 26.3 Å². The van der Waals surface area contributed by atoms with Crippen molar-refractivity contribution in [2.75, 3.05) is 21.1 Å². The van der Waals surface area contributed by atoms with Crippen LogP contribution in [0.1, 0.15) is 90.7 Å². The second-order valence-electron chi connectivity index (χ2n) is 19.1. The molecule has 5 amide bonds. The molecule has 0 saturated heterocycles. The number of fused-ring (bicyclic) bond motifs is 1. The van der Waals surface area contributed by atoms with Crippen molar-refractivity contribution in [3.8, 4) is 6.07 Å². The van der Waals surface area contributed by atoms with Crippen molar-refractivity contribution >= 4 is 68.3 Å². The Balaban J connectivity index is 2.17. The van der Waals surface area contributed by atoms with Crippen LogP contribution in [0, 0.1) is 23.2 Å². The number of esters is 1. The molecule has 0 bridgehead atoms. The Labute approximate surface area is 434 Å². The Hall–Kier alpha value is -6.22. The number of hydrogen-bond acceptors (Lipinski definition) is 10. The lowest BCUT2D eigenvalue weighted by atomic mass is 9.98. The lowest BCUT2D eigenvalue weighted by Crippen LogP contribution is -2.60. The maximum absolute atomic E-state index is 14.9. The molecule has 0 radical (unpaired) electrons. The van der Waals surface area contributed by atoms with Crippen molar-refractivity contribution in [2.45, 2.75) is 147 Å². The lowest BCUT2D eigenvalue weighted by Gasteiger charge is -2.35. The highest BCUT2D eigenvalue weighted by molar-refractivity contribution is 9.10. The number of hydrogen-bond donors (Lipinski definition) is 4. The molecule has 0 saturated carbocycles. The molecule has 0 aliphatic rings. The number of aliphatic carboxylic acids is 1. The maximum Gasteiger partial charge on any atom is 0.391 e. The van der Waals surface area contributed by atoms with E-state index in [4.69, 9.17) is 15.7 Å². The molecule has 0 aliphatic carbocycles. The van der Waals surface area contributed by atoms with Crippen molar-refractivity contribution in [3.05, 3.63) is 70.3 Å². The minimum Gasteiger partial charge on any atom is -0.479 e. The van der Waals surface area contributed by atoms with E-state index in [0.29, 0.717) is 27.9 Å². The third kappa shape index (κ3) is 18.6. The van der Waals surface area contributed by atoms with E-state index in [1.807, 2.05) is 34.9 Å². The number of alkyl halides is 6. The first-order valence-corrected chi connectivity index (χ1v) is 24.6. The van der Waals surface area contributed by atoms with E-state index < -0.39 is 121 Å². The van der Waals surface area contributed by atoms with Crippen molar-refractivity contribution in [3.63, 3.8) is 0 Å². The normalized spacial score (nSPS) is 14.7. The Morgan fingerprint density at radius 2 is 1.32 bits per heavy atom. The van der Waals surface area contributed by atoms with Gasteiger partial charge in [-0.3, -0.25) is 24.0 Å². The molecule has 0 unspecified atom stereocenters. The number of carbonyl (C=O) groups excluding carboxylic acids is 6. The first-order valence-electron chi connectivity index (χ1n) is 23.8. The lowest BCUT2D eigenvalue weighted by molar-refractivity contribution is -0.169. The van der Waals surface area contributed by atoms with Crippen LogP contribution in [-0.4, -0.2) is 142 Å². The molecule has 2 aromatic carbocycles. The number of rotatable bonds is 26. The van der Waals surface area contributed by atoms with Gasteiger partial charge in [0.1, 0.15) is 30.2 Å². The van der Waals surface area contributed by atoms with E-state index in [1.165, 1.54) is 14.0 Å². The topological polar surface area (TPSA) is 237 Å². The van der Waals surface area contributed by atoms with Crippen LogP contribution < -0.4 is 16.4 Å². The van der Waals surface area contributed by atoms with Gasteiger partial charge in [0.2, 0.25) is 29.5 Å². The van der Waals surface area contributed by atoms with Crippen LogP contribution in [0.3, 0.4) is 0 Å². The fourth-order valence-electron chi connectivity index (χ4n) is 8.11. The number of halogens is 7. The fourth-order valence-corrected chi connectivity index (χ4v) is 8.38. The number of likely N-dealkylation sites (N-methyl/N-ethyl adjacent to an activating group) is 3. The van der Waals surface area contributed by atoms with E-state index in [2.05, 4.69) is 26.6 Å². The Bertz CT molecular complexity index is 2480. The largest absolute Gasteiger partial charge is 0.479 e. The first-order chi connectivity index (χ1) is 34.3. The monoisotopic (exact) mass is 1110 g/mol. The van der Waals surface area contributed by atoms with Crippen LogP contribution in [0.5, 0.6) is 0 Å². The summed E-state index contributed by atoms with van der Waals surface area (Å²) < 4.78 is 89.6. The number of nitrogens with zero attached hydrogens (tertiary/aromatic N) is 5. The zero-order valence-corrected chi connectivity index (χ0v) is 44.0. The maximum atomic E-state index is 14.9. The van der Waals surface area contributed by atoms with E-state index in [1.54, 1.807) is 58.2 Å². The van der Waals surface area contributed by atoms with Crippen LogP contribution in [0.2, 0.25) is 0 Å². The molecule has 0 aliphatic heterocycles. The quantitative estimate of drug-likeness (QED) is 0.0501. The summed E-state index contributed by atoms with van der Waals surface area (Å²) >= 11 is 3.42. The number of aromatic nitrogens is 1. The SMILES string of the molecule is CC(C)C[C@H](NC(=O)[C@H](Cc1cn(Cc2ccc(Br)cc2)c2ccccc12)N(C)C(=O)[C@H](CCC(F)(F)F)NC(=O)[C@H](CC(C)C)N(C)C(=O)[C@@H](N)CC(F)(F)F)C(=O)N(C)[C@@H](C)C(=O)O[C@H](CCC#N)C(=O)O. The summed E-state index contributed by atoms with van der Waals surface area (Å²) in [7, 11) is 3.34. The highest BCUT2D eigenvalue weighted by atomic mass is 79.9. The Morgan fingerprint density at radius 1 is 0.770 bits per heavy atom. The molecule has 408 valence electrons. The van der Waals surface area contributed by atoms with Gasteiger partial charge in [0, 0.05) is 74.9 Å². The van der Waals surface area contributed by atoms with Gasteiger partial charge in [-0.15, -0.1) is 0 Å². The third-order valence-corrected chi connectivity index (χ3v) is 12.8. The second kappa shape index (κ2) is 27.4. The molecule has 0 fully saturated rings. The van der Waals surface area contributed by atoms with Gasteiger partial charge in [-0.2, -0.15) is 31.6 Å². The summed E-state index contributed by atoms with van der Waals surface area (Å²) in [5, 5.41) is 24.1. The van der Waals surface area contributed by atoms with Crippen LogP contribution in [0.25, 0.3) is 10.9 Å². The van der Waals surface area contributed by atoms with Gasteiger partial charge in [-0.05, 0) is 67.3 Å². The van der Waals surface area contributed by atoms with Crippen molar-refractivity contribution in [2.24, 2.45) is 17.6 Å². The Morgan fingerprint density at radius 3 is 1.88 bits per heavy atom. The number of carboxylic acid groups (broad SMARTS) is 1. The summed E-state index contributed by atoms with van der Waals surface area (Å²) in [4.78, 5) is 98.7. The van der Waals surface area contributed by atoms with Gasteiger partial charge in [0.15, 0.2) is 6.10 Å². The number of carbonyl (C=O) groups is 7. The van der Waals surface area contributed by atoms with Crippen molar-refractivity contribution < 1.29 is 69.7 Å². The third-order valence-electron chi connectivity index (χ3n) is 12.2. The zero-order valence-electron chi connectivity index (χ0n) is 42.4. The first kappa shape index (κ1) is 62.1. The molecule has 24 heteroatoms. The van der Waals surface area contributed by atoms with Gasteiger partial charge in [0.05, 0.1) is 18.5 Å². The molecule has 7 atom stereocenters. The number of para-hydroxylation sites is 1. The number of nitriles is 1.